The standard InChI is InChI=1S/C17H16Cl2N6O3/c18-12-3-1-9(7-13(12)19)11(5-6-20)16(26)22-10-2-4-14-15(8-10)24(27)17(21)23-25(14)28/h1-4,7-8,11H,5-6,20H2,(H2,21,23)(H,22,26). The summed E-state index contributed by atoms with van der Waals surface area (Å²) >= 11 is 12.0. The second kappa shape index (κ2) is 8.01. The Hall–Kier alpha value is -2.88. The number of benzene rings is 2. The van der Waals surface area contributed by atoms with Gasteiger partial charge in [0, 0.05) is 22.7 Å². The van der Waals surface area contributed by atoms with Crippen molar-refractivity contribution in [2.75, 3.05) is 17.6 Å². The van der Waals surface area contributed by atoms with E-state index < -0.39 is 11.9 Å². The molecule has 2 aromatic carbocycles. The Morgan fingerprint density at radius 1 is 1.14 bits per heavy atom. The highest BCUT2D eigenvalue weighted by molar-refractivity contribution is 6.42. The van der Waals surface area contributed by atoms with E-state index in [0.717, 1.165) is 0 Å². The van der Waals surface area contributed by atoms with Gasteiger partial charge in [0.15, 0.2) is 5.52 Å². The minimum Gasteiger partial charge on any atom is -0.739 e. The number of amides is 1. The molecule has 1 atom stereocenters. The fraction of sp³-hybridized carbons (Fsp3) is 0.176. The number of hydrogen-bond acceptors (Lipinski definition) is 6. The Morgan fingerprint density at radius 2 is 1.89 bits per heavy atom. The van der Waals surface area contributed by atoms with Crippen molar-refractivity contribution >= 4 is 51.8 Å². The quantitative estimate of drug-likeness (QED) is 0.418. The molecular formula is C17H16Cl2N6O3. The minimum atomic E-state index is -0.582. The maximum atomic E-state index is 12.8. The van der Waals surface area contributed by atoms with Crippen molar-refractivity contribution in [1.29, 1.82) is 0 Å². The van der Waals surface area contributed by atoms with Crippen LogP contribution in [0, 0.1) is 10.4 Å². The van der Waals surface area contributed by atoms with Gasteiger partial charge >= 0.3 is 5.95 Å². The summed E-state index contributed by atoms with van der Waals surface area (Å²) in [5.41, 5.74) is 12.0. The molecule has 0 aliphatic carbocycles. The maximum Gasteiger partial charge on any atom is 0.458 e. The molecule has 1 unspecified atom stereocenters. The molecule has 1 heterocycles. The Labute approximate surface area is 169 Å². The third-order valence-electron chi connectivity index (χ3n) is 4.19. The van der Waals surface area contributed by atoms with Gasteiger partial charge in [-0.3, -0.25) is 10.5 Å². The number of aromatic nitrogens is 3. The second-order valence-electron chi connectivity index (χ2n) is 6.02. The van der Waals surface area contributed by atoms with Gasteiger partial charge in [0.05, 0.1) is 16.0 Å². The third-order valence-corrected chi connectivity index (χ3v) is 4.93. The highest BCUT2D eigenvalue weighted by atomic mass is 35.5. The summed E-state index contributed by atoms with van der Waals surface area (Å²) < 4.78 is 0.315. The van der Waals surface area contributed by atoms with Crippen molar-refractivity contribution in [1.82, 2.24) is 5.10 Å². The van der Waals surface area contributed by atoms with Crippen LogP contribution < -0.4 is 26.4 Å². The predicted molar refractivity (Wildman–Crippen MR) is 106 cm³/mol. The summed E-state index contributed by atoms with van der Waals surface area (Å²) in [5, 5.41) is 30.6. The van der Waals surface area contributed by atoms with Crippen molar-refractivity contribution in [3.63, 3.8) is 0 Å². The molecule has 11 heteroatoms. The van der Waals surface area contributed by atoms with Gasteiger partial charge in [-0.05, 0) is 36.7 Å². The van der Waals surface area contributed by atoms with Gasteiger partial charge in [0.2, 0.25) is 11.0 Å². The average molecular weight is 423 g/mol. The number of nitrogens with zero attached hydrogens (tertiary/aromatic N) is 3. The highest BCUT2D eigenvalue weighted by Gasteiger charge is 2.22. The molecule has 0 radical (unpaired) electrons. The van der Waals surface area contributed by atoms with Crippen LogP contribution in [0.5, 0.6) is 0 Å². The molecule has 28 heavy (non-hydrogen) atoms. The van der Waals surface area contributed by atoms with E-state index in [1.54, 1.807) is 18.2 Å². The lowest BCUT2D eigenvalue weighted by atomic mass is 9.94. The number of halogens is 2. The molecule has 5 N–H and O–H groups in total. The number of carbonyl (C=O) groups is 1. The topological polar surface area (TPSA) is 148 Å². The lowest BCUT2D eigenvalue weighted by molar-refractivity contribution is -0.671. The van der Waals surface area contributed by atoms with E-state index in [4.69, 9.17) is 34.7 Å². The maximum absolute atomic E-state index is 12.8. The molecule has 146 valence electrons. The van der Waals surface area contributed by atoms with E-state index in [9.17, 15) is 15.2 Å². The summed E-state index contributed by atoms with van der Waals surface area (Å²) in [6, 6.07) is 9.13. The Bertz CT molecular complexity index is 1060. The van der Waals surface area contributed by atoms with Crippen LogP contribution in [-0.4, -0.2) is 17.6 Å². The normalized spacial score (nSPS) is 12.1. The van der Waals surface area contributed by atoms with Crippen LogP contribution in [0.2, 0.25) is 10.0 Å². The van der Waals surface area contributed by atoms with Gasteiger partial charge in [0.1, 0.15) is 0 Å². The van der Waals surface area contributed by atoms with E-state index in [1.165, 1.54) is 18.2 Å². The van der Waals surface area contributed by atoms with Crippen molar-refractivity contribution in [2.45, 2.75) is 12.3 Å². The number of nitrogen functional groups attached to an aromatic ring is 1. The van der Waals surface area contributed by atoms with E-state index >= 15 is 0 Å². The number of fused-ring (bicyclic) bond motifs is 1. The summed E-state index contributed by atoms with van der Waals surface area (Å²) in [6.07, 6.45) is 0.371. The summed E-state index contributed by atoms with van der Waals surface area (Å²) in [6.45, 7) is 0.273. The number of carbonyl (C=O) groups excluding carboxylic acids is 1. The first kappa shape index (κ1) is 19.9. The Balaban J connectivity index is 1.93. The smallest absolute Gasteiger partial charge is 0.458 e. The van der Waals surface area contributed by atoms with Crippen molar-refractivity contribution in [2.24, 2.45) is 5.73 Å². The van der Waals surface area contributed by atoms with Gasteiger partial charge in [-0.2, -0.15) is 0 Å². The predicted octanol–water partition coefficient (Wildman–Crippen LogP) is 1.46. The molecule has 0 saturated carbocycles. The first-order valence-electron chi connectivity index (χ1n) is 8.20. The number of hydrogen-bond donors (Lipinski definition) is 3. The molecule has 3 aromatic rings. The van der Waals surface area contributed by atoms with Crippen molar-refractivity contribution < 1.29 is 14.4 Å². The average Bonchev–Trinajstić information content (AvgIpc) is 2.66. The molecule has 0 aliphatic rings. The highest BCUT2D eigenvalue weighted by Crippen LogP contribution is 2.29. The lowest BCUT2D eigenvalue weighted by Crippen LogP contribution is -2.44. The third kappa shape index (κ3) is 3.86. The molecule has 1 aromatic heterocycles. The van der Waals surface area contributed by atoms with Gasteiger partial charge < -0.3 is 21.5 Å². The van der Waals surface area contributed by atoms with Gasteiger partial charge in [-0.25, -0.2) is 4.73 Å². The molecule has 0 saturated heterocycles. The molecule has 0 aliphatic heterocycles. The van der Waals surface area contributed by atoms with Gasteiger partial charge in [-0.1, -0.05) is 29.3 Å². The van der Waals surface area contributed by atoms with Crippen molar-refractivity contribution in [3.05, 3.63) is 62.4 Å². The fourth-order valence-corrected chi connectivity index (χ4v) is 3.12. The molecular weight excluding hydrogens is 407 g/mol. The molecule has 3 rings (SSSR count). The van der Waals surface area contributed by atoms with E-state index in [2.05, 4.69) is 10.4 Å². The van der Waals surface area contributed by atoms with Crippen molar-refractivity contribution in [3.8, 4) is 0 Å². The number of anilines is 2. The SMILES string of the molecule is NCCC(C(=O)Nc1ccc2c(c1)[n+]([O-])c(N)n[n+]2[O-])c1ccc(Cl)c(Cl)c1. The largest absolute Gasteiger partial charge is 0.739 e. The van der Waals surface area contributed by atoms with Gasteiger partial charge in [0.25, 0.3) is 5.52 Å². The lowest BCUT2D eigenvalue weighted by Gasteiger charge is -2.17. The van der Waals surface area contributed by atoms with Gasteiger partial charge in [-0.15, -0.1) is 0 Å². The Morgan fingerprint density at radius 3 is 2.57 bits per heavy atom. The molecule has 0 bridgehead atoms. The summed E-state index contributed by atoms with van der Waals surface area (Å²) in [5.74, 6) is -1.43. The zero-order chi connectivity index (χ0) is 20.4. The van der Waals surface area contributed by atoms with E-state index in [1.807, 2.05) is 0 Å². The number of nitrogens with two attached hydrogens (primary N) is 2. The van der Waals surface area contributed by atoms with Crippen LogP contribution in [0.4, 0.5) is 11.6 Å². The van der Waals surface area contributed by atoms with E-state index in [0.29, 0.717) is 32.4 Å². The number of nitrogens with one attached hydrogen (secondary N) is 1. The monoisotopic (exact) mass is 422 g/mol. The van der Waals surface area contributed by atoms with Crippen LogP contribution in [-0.2, 0) is 4.79 Å². The minimum absolute atomic E-state index is 0.0187. The molecule has 0 fully saturated rings. The summed E-state index contributed by atoms with van der Waals surface area (Å²) in [7, 11) is 0. The summed E-state index contributed by atoms with van der Waals surface area (Å²) in [4.78, 5) is 13.1. The van der Waals surface area contributed by atoms with Crippen LogP contribution in [0.1, 0.15) is 17.9 Å². The number of rotatable bonds is 5. The van der Waals surface area contributed by atoms with Crippen LogP contribution >= 0.6 is 23.2 Å². The zero-order valence-corrected chi connectivity index (χ0v) is 15.9. The molecule has 0 spiro atoms. The first-order valence-corrected chi connectivity index (χ1v) is 8.96. The Kier molecular flexibility index (Phi) is 5.68. The van der Waals surface area contributed by atoms with E-state index in [-0.39, 0.29) is 28.3 Å². The first-order chi connectivity index (χ1) is 13.3. The molecule has 9 nitrogen and oxygen atoms in total. The molecule has 1 amide bonds. The van der Waals surface area contributed by atoms with Crippen LogP contribution in [0.15, 0.2) is 36.4 Å². The fourth-order valence-electron chi connectivity index (χ4n) is 2.81. The van der Waals surface area contributed by atoms with Crippen LogP contribution in [0.3, 0.4) is 0 Å². The van der Waals surface area contributed by atoms with Crippen LogP contribution in [0.25, 0.3) is 11.0 Å². The second-order valence-corrected chi connectivity index (χ2v) is 6.84. The zero-order valence-electron chi connectivity index (χ0n) is 14.4.